The molecule has 1 unspecified atom stereocenters. The summed E-state index contributed by atoms with van der Waals surface area (Å²) in [7, 11) is 0. The molecule has 0 aliphatic heterocycles. The maximum atomic E-state index is 2.45. The molecule has 3 rings (SSSR count). The summed E-state index contributed by atoms with van der Waals surface area (Å²) in [6.07, 6.45) is 13.1. The van der Waals surface area contributed by atoms with E-state index in [1.807, 2.05) is 0 Å². The van der Waals surface area contributed by atoms with Crippen LogP contribution < -0.4 is 0 Å². The first kappa shape index (κ1) is 14.4. The lowest BCUT2D eigenvalue weighted by Crippen LogP contribution is -2.24. The van der Waals surface area contributed by atoms with Gasteiger partial charge in [0.1, 0.15) is 0 Å². The van der Waals surface area contributed by atoms with Crippen molar-refractivity contribution in [2.45, 2.75) is 47.0 Å². The van der Waals surface area contributed by atoms with Crippen molar-refractivity contribution < 1.29 is 0 Å². The van der Waals surface area contributed by atoms with E-state index >= 15 is 0 Å². The van der Waals surface area contributed by atoms with Gasteiger partial charge in [0.05, 0.1) is 0 Å². The summed E-state index contributed by atoms with van der Waals surface area (Å²) in [4.78, 5) is 0. The molecule has 0 fully saturated rings. The van der Waals surface area contributed by atoms with Crippen LogP contribution in [0.4, 0.5) is 0 Å². The van der Waals surface area contributed by atoms with Gasteiger partial charge in [-0.15, -0.1) is 0 Å². The minimum atomic E-state index is 0.269. The molecule has 0 aromatic heterocycles. The molecular weight excluding hydrogens is 252 g/mol. The van der Waals surface area contributed by atoms with E-state index in [9.17, 15) is 0 Å². The van der Waals surface area contributed by atoms with Crippen molar-refractivity contribution >= 4 is 6.08 Å². The Kier molecular flexibility index (Phi) is 3.65. The summed E-state index contributed by atoms with van der Waals surface area (Å²) in [5, 5.41) is 0. The van der Waals surface area contributed by atoms with Gasteiger partial charge in [-0.2, -0.15) is 0 Å². The third kappa shape index (κ3) is 2.52. The number of rotatable bonds is 3. The zero-order valence-electron chi connectivity index (χ0n) is 13.7. The summed E-state index contributed by atoms with van der Waals surface area (Å²) < 4.78 is 0. The highest BCUT2D eigenvalue weighted by Crippen LogP contribution is 2.45. The molecule has 0 heterocycles. The third-order valence-electron chi connectivity index (χ3n) is 5.10. The van der Waals surface area contributed by atoms with Gasteiger partial charge in [0.2, 0.25) is 0 Å². The van der Waals surface area contributed by atoms with Gasteiger partial charge in [-0.25, -0.2) is 0 Å². The summed E-state index contributed by atoms with van der Waals surface area (Å²) in [6.45, 7) is 9.31. The lowest BCUT2D eigenvalue weighted by molar-refractivity contribution is 0.400. The second-order valence-electron chi connectivity index (χ2n) is 7.15. The van der Waals surface area contributed by atoms with Crippen LogP contribution in [0.15, 0.2) is 47.6 Å². The Labute approximate surface area is 129 Å². The zero-order chi connectivity index (χ0) is 15.0. The van der Waals surface area contributed by atoms with Crippen LogP contribution in [0.25, 0.3) is 6.08 Å². The Morgan fingerprint density at radius 3 is 2.81 bits per heavy atom. The number of allylic oxidation sites excluding steroid dienone is 5. The fourth-order valence-electron chi connectivity index (χ4n) is 3.95. The van der Waals surface area contributed by atoms with Gasteiger partial charge >= 0.3 is 0 Å². The Morgan fingerprint density at radius 2 is 2.05 bits per heavy atom. The van der Waals surface area contributed by atoms with Crippen molar-refractivity contribution in [3.8, 4) is 0 Å². The molecule has 0 saturated carbocycles. The van der Waals surface area contributed by atoms with Crippen LogP contribution in [0.5, 0.6) is 0 Å². The largest absolute Gasteiger partial charge is 0.0767 e. The number of hydrogen-bond donors (Lipinski definition) is 0. The molecule has 0 heteroatoms. The highest BCUT2D eigenvalue weighted by atomic mass is 14.4. The molecule has 21 heavy (non-hydrogen) atoms. The second kappa shape index (κ2) is 5.33. The second-order valence-corrected chi connectivity index (χ2v) is 7.15. The molecule has 0 bridgehead atoms. The van der Waals surface area contributed by atoms with E-state index in [4.69, 9.17) is 0 Å². The predicted molar refractivity (Wildman–Crippen MR) is 92.3 cm³/mol. The molecule has 0 amide bonds. The summed E-state index contributed by atoms with van der Waals surface area (Å²) in [5.41, 5.74) is 7.75. The van der Waals surface area contributed by atoms with Gasteiger partial charge < -0.3 is 0 Å². The SMILES string of the molecule is CCCC(C)(C)C1=CC=CC2Cc3c(C)cccc3C=C12. The molecule has 0 radical (unpaired) electrons. The van der Waals surface area contributed by atoms with Gasteiger partial charge in [0.25, 0.3) is 0 Å². The molecule has 0 saturated heterocycles. The lowest BCUT2D eigenvalue weighted by Gasteiger charge is -2.36. The van der Waals surface area contributed by atoms with Crippen LogP contribution in [0.1, 0.15) is 50.3 Å². The van der Waals surface area contributed by atoms with Crippen LogP contribution in [0.2, 0.25) is 0 Å². The molecule has 1 aromatic rings. The Bertz CT molecular complexity index is 638. The van der Waals surface area contributed by atoms with Crippen LogP contribution in [-0.2, 0) is 6.42 Å². The van der Waals surface area contributed by atoms with Crippen molar-refractivity contribution in [3.63, 3.8) is 0 Å². The van der Waals surface area contributed by atoms with Crippen LogP contribution in [0, 0.1) is 18.3 Å². The minimum absolute atomic E-state index is 0.269. The van der Waals surface area contributed by atoms with Crippen molar-refractivity contribution in [2.24, 2.45) is 11.3 Å². The fourth-order valence-corrected chi connectivity index (χ4v) is 3.95. The van der Waals surface area contributed by atoms with Gasteiger partial charge in [0.15, 0.2) is 0 Å². The number of fused-ring (bicyclic) bond motifs is 2. The molecular formula is C21H26. The Balaban J connectivity index is 2.07. The molecule has 1 atom stereocenters. The van der Waals surface area contributed by atoms with E-state index in [0.717, 1.165) is 6.42 Å². The van der Waals surface area contributed by atoms with Gasteiger partial charge in [-0.1, -0.05) is 69.7 Å². The van der Waals surface area contributed by atoms with Crippen molar-refractivity contribution in [3.05, 3.63) is 64.3 Å². The normalized spacial score (nSPS) is 20.5. The van der Waals surface area contributed by atoms with E-state index in [1.165, 1.54) is 29.5 Å². The first-order valence-corrected chi connectivity index (χ1v) is 8.22. The standard InChI is InChI=1S/C21H26/c1-5-12-21(3,4)20-11-7-10-17-13-18-15(2)8-6-9-16(18)14-19(17)20/h6-11,14,17H,5,12-13H2,1-4H3. The van der Waals surface area contributed by atoms with Crippen LogP contribution >= 0.6 is 0 Å². The summed E-state index contributed by atoms with van der Waals surface area (Å²) >= 11 is 0. The molecule has 0 spiro atoms. The highest BCUT2D eigenvalue weighted by molar-refractivity contribution is 5.69. The summed E-state index contributed by atoms with van der Waals surface area (Å²) in [6, 6.07) is 6.70. The van der Waals surface area contributed by atoms with E-state index in [1.54, 1.807) is 11.1 Å². The topological polar surface area (TPSA) is 0 Å². The quantitative estimate of drug-likeness (QED) is 0.648. The van der Waals surface area contributed by atoms with Gasteiger partial charge in [-0.05, 0) is 53.0 Å². The van der Waals surface area contributed by atoms with Crippen molar-refractivity contribution in [1.82, 2.24) is 0 Å². The zero-order valence-corrected chi connectivity index (χ0v) is 13.7. The van der Waals surface area contributed by atoms with Crippen molar-refractivity contribution in [2.75, 3.05) is 0 Å². The smallest absolute Gasteiger partial charge is 0.00649 e. The number of hydrogen-bond acceptors (Lipinski definition) is 0. The maximum Gasteiger partial charge on any atom is 0.00649 e. The molecule has 1 aromatic carbocycles. The number of benzene rings is 1. The third-order valence-corrected chi connectivity index (χ3v) is 5.10. The van der Waals surface area contributed by atoms with Crippen LogP contribution in [0.3, 0.4) is 0 Å². The van der Waals surface area contributed by atoms with E-state index in [0.29, 0.717) is 5.92 Å². The maximum absolute atomic E-state index is 2.45. The first-order chi connectivity index (χ1) is 10.0. The molecule has 0 N–H and O–H groups in total. The average molecular weight is 278 g/mol. The van der Waals surface area contributed by atoms with E-state index in [2.05, 4.69) is 70.2 Å². The lowest BCUT2D eigenvalue weighted by atomic mass is 9.68. The van der Waals surface area contributed by atoms with Crippen LogP contribution in [-0.4, -0.2) is 0 Å². The van der Waals surface area contributed by atoms with E-state index < -0.39 is 0 Å². The fraction of sp³-hybridized carbons (Fsp3) is 0.429. The minimum Gasteiger partial charge on any atom is -0.0767 e. The molecule has 2 aliphatic carbocycles. The Hall–Kier alpha value is -1.56. The highest BCUT2D eigenvalue weighted by Gasteiger charge is 2.31. The Morgan fingerprint density at radius 1 is 1.24 bits per heavy atom. The van der Waals surface area contributed by atoms with Crippen molar-refractivity contribution in [1.29, 1.82) is 0 Å². The monoisotopic (exact) mass is 278 g/mol. The van der Waals surface area contributed by atoms with E-state index in [-0.39, 0.29) is 5.41 Å². The number of aryl methyl sites for hydroxylation is 1. The molecule has 110 valence electrons. The van der Waals surface area contributed by atoms with Gasteiger partial charge in [-0.3, -0.25) is 0 Å². The average Bonchev–Trinajstić information content (AvgIpc) is 2.45. The predicted octanol–water partition coefficient (Wildman–Crippen LogP) is 5.87. The molecule has 2 aliphatic rings. The van der Waals surface area contributed by atoms with Gasteiger partial charge in [0, 0.05) is 5.92 Å². The first-order valence-electron chi connectivity index (χ1n) is 8.22. The molecule has 0 nitrogen and oxygen atoms in total. The summed E-state index contributed by atoms with van der Waals surface area (Å²) in [5.74, 6) is 0.565.